The molecule has 0 radical (unpaired) electrons. The van der Waals surface area contributed by atoms with Crippen LogP contribution in [-0.4, -0.2) is 38.2 Å². The third-order valence-electron chi connectivity index (χ3n) is 4.71. The van der Waals surface area contributed by atoms with Crippen LogP contribution >= 0.6 is 0 Å². The Labute approximate surface area is 152 Å². The summed E-state index contributed by atoms with van der Waals surface area (Å²) in [5.74, 6) is 0.472. The number of amides is 1. The highest BCUT2D eigenvalue weighted by molar-refractivity contribution is 5.94. The molecule has 1 saturated heterocycles. The van der Waals surface area contributed by atoms with Crippen molar-refractivity contribution in [3.63, 3.8) is 0 Å². The third kappa shape index (κ3) is 3.65. The third-order valence-corrected chi connectivity index (χ3v) is 4.71. The Hall–Kier alpha value is -2.99. The number of benzene rings is 2. The van der Waals surface area contributed by atoms with E-state index in [0.717, 1.165) is 25.1 Å². The summed E-state index contributed by atoms with van der Waals surface area (Å²) in [6.45, 7) is 2.35. The molecule has 1 aliphatic heterocycles. The molecule has 1 atom stereocenters. The van der Waals surface area contributed by atoms with Gasteiger partial charge in [-0.25, -0.2) is 0 Å². The van der Waals surface area contributed by atoms with Gasteiger partial charge in [-0.3, -0.25) is 19.6 Å². The molecule has 0 aliphatic carbocycles. The van der Waals surface area contributed by atoms with Crippen LogP contribution < -0.4 is 5.32 Å². The highest BCUT2D eigenvalue weighted by atomic mass is 16.2. The van der Waals surface area contributed by atoms with Crippen molar-refractivity contribution >= 4 is 11.9 Å². The molecule has 0 saturated carbocycles. The van der Waals surface area contributed by atoms with E-state index in [4.69, 9.17) is 0 Å². The van der Waals surface area contributed by atoms with Gasteiger partial charge in [0.15, 0.2) is 0 Å². The smallest absolute Gasteiger partial charge is 0.244 e. The van der Waals surface area contributed by atoms with Crippen molar-refractivity contribution in [3.8, 4) is 0 Å². The molecule has 1 aromatic heterocycles. The number of rotatable bonds is 6. The Morgan fingerprint density at radius 3 is 2.27 bits per heavy atom. The van der Waals surface area contributed by atoms with Gasteiger partial charge in [-0.2, -0.15) is 0 Å². The second kappa shape index (κ2) is 7.49. The minimum Gasteiger partial charge on any atom is -0.295 e. The summed E-state index contributed by atoms with van der Waals surface area (Å²) in [6.07, 6.45) is 2.51. The molecular formula is C20H21N5O. The second-order valence-corrected chi connectivity index (χ2v) is 6.52. The van der Waals surface area contributed by atoms with E-state index in [1.165, 1.54) is 5.56 Å². The minimum atomic E-state index is -0.114. The summed E-state index contributed by atoms with van der Waals surface area (Å²) in [6, 6.07) is 20.2. The van der Waals surface area contributed by atoms with Crippen molar-refractivity contribution in [2.24, 2.45) is 0 Å². The maximum Gasteiger partial charge on any atom is 0.244 e. The fraction of sp³-hybridized carbons (Fsp3) is 0.250. The van der Waals surface area contributed by atoms with Crippen LogP contribution in [0.4, 0.5) is 5.95 Å². The molecule has 2 aromatic carbocycles. The molecule has 132 valence electrons. The second-order valence-electron chi connectivity index (χ2n) is 6.52. The van der Waals surface area contributed by atoms with Crippen LogP contribution in [0, 0.1) is 0 Å². The van der Waals surface area contributed by atoms with Gasteiger partial charge < -0.3 is 0 Å². The van der Waals surface area contributed by atoms with Crippen LogP contribution in [-0.2, 0) is 17.9 Å². The zero-order valence-corrected chi connectivity index (χ0v) is 14.5. The summed E-state index contributed by atoms with van der Waals surface area (Å²) in [4.78, 5) is 14.8. The van der Waals surface area contributed by atoms with Crippen LogP contribution in [0.3, 0.4) is 0 Å². The van der Waals surface area contributed by atoms with E-state index in [0.29, 0.717) is 12.5 Å². The Kier molecular flexibility index (Phi) is 4.75. The minimum absolute atomic E-state index is 0.0190. The van der Waals surface area contributed by atoms with E-state index in [-0.39, 0.29) is 11.9 Å². The van der Waals surface area contributed by atoms with Crippen molar-refractivity contribution in [3.05, 3.63) is 78.1 Å². The van der Waals surface area contributed by atoms with E-state index in [2.05, 4.69) is 32.5 Å². The zero-order chi connectivity index (χ0) is 17.8. The van der Waals surface area contributed by atoms with Crippen LogP contribution in [0.1, 0.15) is 17.5 Å². The lowest BCUT2D eigenvalue weighted by atomic mass is 10.0. The number of carbonyl (C=O) groups is 1. The van der Waals surface area contributed by atoms with Gasteiger partial charge in [0.1, 0.15) is 6.33 Å². The van der Waals surface area contributed by atoms with E-state index in [1.807, 2.05) is 53.1 Å². The zero-order valence-electron chi connectivity index (χ0n) is 14.5. The molecule has 1 aliphatic rings. The average molecular weight is 347 g/mol. The summed E-state index contributed by atoms with van der Waals surface area (Å²) < 4.78 is 1.85. The van der Waals surface area contributed by atoms with Crippen LogP contribution in [0.25, 0.3) is 0 Å². The van der Waals surface area contributed by atoms with Crippen molar-refractivity contribution in [2.45, 2.75) is 25.6 Å². The summed E-state index contributed by atoms with van der Waals surface area (Å²) in [7, 11) is 0. The van der Waals surface area contributed by atoms with Gasteiger partial charge in [-0.1, -0.05) is 60.7 Å². The summed E-state index contributed by atoms with van der Waals surface area (Å²) in [5, 5.41) is 10.9. The molecule has 1 amide bonds. The molecule has 0 bridgehead atoms. The Morgan fingerprint density at radius 2 is 1.65 bits per heavy atom. The average Bonchev–Trinajstić information content (AvgIpc) is 3.07. The molecule has 2 heterocycles. The van der Waals surface area contributed by atoms with E-state index >= 15 is 0 Å². The maximum absolute atomic E-state index is 12.7. The number of aromatic nitrogens is 3. The predicted octanol–water partition coefficient (Wildman–Crippen LogP) is 2.54. The van der Waals surface area contributed by atoms with Gasteiger partial charge in [0, 0.05) is 13.1 Å². The molecule has 0 spiro atoms. The van der Waals surface area contributed by atoms with Crippen LogP contribution in [0.15, 0.2) is 67.0 Å². The number of nitrogens with one attached hydrogen (secondary N) is 1. The van der Waals surface area contributed by atoms with E-state index in [1.54, 1.807) is 6.33 Å². The molecule has 6 nitrogen and oxygen atoms in total. The van der Waals surface area contributed by atoms with Gasteiger partial charge in [0.25, 0.3) is 0 Å². The summed E-state index contributed by atoms with van der Waals surface area (Å²) in [5.41, 5.74) is 2.36. The van der Waals surface area contributed by atoms with Crippen LogP contribution in [0.5, 0.6) is 0 Å². The Bertz CT molecular complexity index is 862. The molecule has 3 aromatic rings. The molecule has 6 heteroatoms. The monoisotopic (exact) mass is 347 g/mol. The standard InChI is InChI=1S/C20H21N5O/c26-19(18-11-12-24(18)13-16-7-3-1-4-8-16)22-20-23-21-15-25(20)14-17-9-5-2-6-10-17/h1-10,15,18H,11-14H2,(H,22,23,26)/t18-/m1/s1. The predicted molar refractivity (Wildman–Crippen MR) is 99.5 cm³/mol. The van der Waals surface area contributed by atoms with Crippen molar-refractivity contribution in [1.29, 1.82) is 0 Å². The topological polar surface area (TPSA) is 63.1 Å². The molecule has 1 N–H and O–H groups in total. The van der Waals surface area contributed by atoms with E-state index in [9.17, 15) is 4.79 Å². The lowest BCUT2D eigenvalue weighted by molar-refractivity contribution is -0.125. The highest BCUT2D eigenvalue weighted by Gasteiger charge is 2.34. The van der Waals surface area contributed by atoms with Crippen molar-refractivity contribution in [1.82, 2.24) is 19.7 Å². The van der Waals surface area contributed by atoms with Gasteiger partial charge in [0.05, 0.1) is 12.6 Å². The fourth-order valence-corrected chi connectivity index (χ4v) is 3.19. The first-order chi connectivity index (χ1) is 12.8. The van der Waals surface area contributed by atoms with Gasteiger partial charge in [0.2, 0.25) is 11.9 Å². The van der Waals surface area contributed by atoms with Crippen molar-refractivity contribution in [2.75, 3.05) is 11.9 Å². The number of likely N-dealkylation sites (tertiary alicyclic amines) is 1. The molecule has 26 heavy (non-hydrogen) atoms. The van der Waals surface area contributed by atoms with Crippen molar-refractivity contribution < 1.29 is 4.79 Å². The largest absolute Gasteiger partial charge is 0.295 e. The number of carbonyl (C=O) groups excluding carboxylic acids is 1. The summed E-state index contributed by atoms with van der Waals surface area (Å²) >= 11 is 0. The molecule has 0 unspecified atom stereocenters. The number of hydrogen-bond donors (Lipinski definition) is 1. The maximum atomic E-state index is 12.7. The first-order valence-electron chi connectivity index (χ1n) is 8.80. The lowest BCUT2D eigenvalue weighted by Gasteiger charge is -2.39. The Balaban J connectivity index is 1.39. The Morgan fingerprint density at radius 1 is 1.00 bits per heavy atom. The van der Waals surface area contributed by atoms with Gasteiger partial charge >= 0.3 is 0 Å². The quantitative estimate of drug-likeness (QED) is 0.744. The SMILES string of the molecule is O=C(Nc1nncn1Cc1ccccc1)[C@H]1CCN1Cc1ccccc1. The number of hydrogen-bond acceptors (Lipinski definition) is 4. The van der Waals surface area contributed by atoms with Crippen LogP contribution in [0.2, 0.25) is 0 Å². The number of anilines is 1. The molecule has 1 fully saturated rings. The van der Waals surface area contributed by atoms with E-state index < -0.39 is 0 Å². The number of nitrogens with zero attached hydrogens (tertiary/aromatic N) is 4. The van der Waals surface area contributed by atoms with Gasteiger partial charge in [-0.05, 0) is 17.5 Å². The first kappa shape index (κ1) is 16.5. The normalized spacial score (nSPS) is 16.8. The molecular weight excluding hydrogens is 326 g/mol. The first-order valence-corrected chi connectivity index (χ1v) is 8.80. The molecule has 4 rings (SSSR count). The van der Waals surface area contributed by atoms with Gasteiger partial charge in [-0.15, -0.1) is 10.2 Å². The lowest BCUT2D eigenvalue weighted by Crippen LogP contribution is -2.53. The highest BCUT2D eigenvalue weighted by Crippen LogP contribution is 2.22. The fourth-order valence-electron chi connectivity index (χ4n) is 3.19.